The van der Waals surface area contributed by atoms with Crippen LogP contribution in [-0.2, 0) is 0 Å². The van der Waals surface area contributed by atoms with Crippen molar-refractivity contribution >= 4 is 42.2 Å². The Morgan fingerprint density at radius 2 is 1.36 bits per heavy atom. The number of benzene rings is 1. The summed E-state index contributed by atoms with van der Waals surface area (Å²) in [4.78, 5) is -0.195. The van der Waals surface area contributed by atoms with Crippen molar-refractivity contribution in [1.82, 2.24) is 0 Å². The molecule has 0 spiro atoms. The maximum absolute atomic E-state index is 12.3. The summed E-state index contributed by atoms with van der Waals surface area (Å²) in [5.74, 6) is -3.15. The number of halogens is 3. The van der Waals surface area contributed by atoms with Gasteiger partial charge in [-0.25, -0.2) is 13.2 Å². The molecule has 0 N–H and O–H groups in total. The first-order chi connectivity index (χ1) is 4.61. The van der Waals surface area contributed by atoms with E-state index in [0.717, 1.165) is 0 Å². The van der Waals surface area contributed by atoms with Gasteiger partial charge in [0.15, 0.2) is 11.6 Å². The van der Waals surface area contributed by atoms with E-state index in [1.807, 2.05) is 0 Å². The zero-order valence-corrected chi connectivity index (χ0v) is 5.63. The number of rotatable bonds is 0. The van der Waals surface area contributed by atoms with Crippen molar-refractivity contribution in [2.75, 3.05) is 0 Å². The fourth-order valence-electron chi connectivity index (χ4n) is 0.512. The third-order valence-electron chi connectivity index (χ3n) is 0.990. The van der Waals surface area contributed by atoms with E-state index in [4.69, 9.17) is 0 Å². The fourth-order valence-corrected chi connectivity index (χ4v) is 0.690. The summed E-state index contributed by atoms with van der Waals surface area (Å²) in [7, 11) is 0. The molecule has 0 aromatic heterocycles. The van der Waals surface area contributed by atoms with E-state index in [0.29, 0.717) is 12.1 Å². The van der Waals surface area contributed by atoms with E-state index in [2.05, 4.69) is 12.6 Å². The van der Waals surface area contributed by atoms with Gasteiger partial charge in [-0.3, -0.25) is 0 Å². The van der Waals surface area contributed by atoms with E-state index in [1.54, 1.807) is 0 Å². The Hall–Kier alpha value is 0.360. The third kappa shape index (κ3) is 2.71. The summed E-state index contributed by atoms with van der Waals surface area (Å²) in [5.41, 5.74) is 0. The van der Waals surface area contributed by atoms with Crippen LogP contribution >= 0.6 is 12.6 Å². The van der Waals surface area contributed by atoms with Gasteiger partial charge < -0.3 is 0 Å². The fraction of sp³-hybridized carbons (Fsp3) is 0. The van der Waals surface area contributed by atoms with Gasteiger partial charge in [0.05, 0.1) is 0 Å². The zero-order valence-electron chi connectivity index (χ0n) is 4.74. The third-order valence-corrected chi connectivity index (χ3v) is 1.33. The van der Waals surface area contributed by atoms with Crippen molar-refractivity contribution < 1.29 is 13.2 Å². The minimum atomic E-state index is -1.20. The van der Waals surface area contributed by atoms with Crippen molar-refractivity contribution in [2.45, 2.75) is 4.90 Å². The molecule has 0 heterocycles. The first-order valence-electron chi connectivity index (χ1n) is 2.45. The van der Waals surface area contributed by atoms with Crippen LogP contribution in [0.2, 0.25) is 0 Å². The molecule has 56 valence electrons. The molecule has 1 aromatic carbocycles. The van der Waals surface area contributed by atoms with Gasteiger partial charge in [0.25, 0.3) is 0 Å². The summed E-state index contributed by atoms with van der Waals surface area (Å²) in [6.45, 7) is 0. The number of hydrogen-bond donors (Lipinski definition) is 1. The van der Waals surface area contributed by atoms with Gasteiger partial charge in [0.2, 0.25) is 0 Å². The zero-order chi connectivity index (χ0) is 7.72. The van der Waals surface area contributed by atoms with Gasteiger partial charge in [-0.15, -0.1) is 12.6 Å². The SMILES string of the molecule is Fc1cc(F)c(S)cc1F.[NaH]. The number of thiol groups is 1. The molecule has 5 heteroatoms. The molecule has 0 nitrogen and oxygen atoms in total. The van der Waals surface area contributed by atoms with Crippen LogP contribution in [-0.4, -0.2) is 29.6 Å². The molecular formula is C6H4F3NaS. The Balaban J connectivity index is 0.000001000. The van der Waals surface area contributed by atoms with Crippen LogP contribution < -0.4 is 0 Å². The quantitative estimate of drug-likeness (QED) is 0.358. The molecule has 0 aliphatic carbocycles. The molecule has 1 rings (SSSR count). The Kier molecular flexibility index (Phi) is 4.55. The van der Waals surface area contributed by atoms with E-state index in [1.165, 1.54) is 0 Å². The topological polar surface area (TPSA) is 0 Å². The molecule has 0 saturated heterocycles. The summed E-state index contributed by atoms with van der Waals surface area (Å²) in [5, 5.41) is 0. The first-order valence-corrected chi connectivity index (χ1v) is 2.89. The maximum atomic E-state index is 12.3. The summed E-state index contributed by atoms with van der Waals surface area (Å²) >= 11 is 3.53. The van der Waals surface area contributed by atoms with Gasteiger partial charge in [0, 0.05) is 11.0 Å². The standard InChI is InChI=1S/C6H3F3S.Na.H/c7-3-1-5(9)6(10)2-4(3)8;;/h1-2,10H;;. The summed E-state index contributed by atoms with van der Waals surface area (Å²) in [6, 6.07) is 1.14. The molecule has 0 amide bonds. The monoisotopic (exact) mass is 188 g/mol. The molecule has 0 radical (unpaired) electrons. The molecule has 0 unspecified atom stereocenters. The van der Waals surface area contributed by atoms with Crippen molar-refractivity contribution in [2.24, 2.45) is 0 Å². The van der Waals surface area contributed by atoms with Crippen LogP contribution in [0.3, 0.4) is 0 Å². The Labute approximate surface area is 89.5 Å². The van der Waals surface area contributed by atoms with Crippen LogP contribution in [0.15, 0.2) is 17.0 Å². The van der Waals surface area contributed by atoms with Crippen LogP contribution in [0.1, 0.15) is 0 Å². The predicted octanol–water partition coefficient (Wildman–Crippen LogP) is 1.74. The normalized spacial score (nSPS) is 9.09. The minimum absolute atomic E-state index is 0. The Morgan fingerprint density at radius 1 is 0.909 bits per heavy atom. The molecule has 0 saturated carbocycles. The van der Waals surface area contributed by atoms with Gasteiger partial charge >= 0.3 is 29.6 Å². The van der Waals surface area contributed by atoms with Gasteiger partial charge in [-0.1, -0.05) is 0 Å². The Morgan fingerprint density at radius 3 is 1.82 bits per heavy atom. The van der Waals surface area contributed by atoms with Crippen molar-refractivity contribution in [3.8, 4) is 0 Å². The molecule has 0 aliphatic rings. The van der Waals surface area contributed by atoms with Gasteiger partial charge in [-0.2, -0.15) is 0 Å². The average Bonchev–Trinajstić information content (AvgIpc) is 1.84. The molecule has 0 atom stereocenters. The molecule has 0 aliphatic heterocycles. The average molecular weight is 188 g/mol. The van der Waals surface area contributed by atoms with E-state index >= 15 is 0 Å². The molecule has 0 bridgehead atoms. The number of hydrogen-bond acceptors (Lipinski definition) is 1. The predicted molar refractivity (Wildman–Crippen MR) is 40.7 cm³/mol. The van der Waals surface area contributed by atoms with Crippen LogP contribution in [0.25, 0.3) is 0 Å². The van der Waals surface area contributed by atoms with Crippen molar-refractivity contribution in [1.29, 1.82) is 0 Å². The van der Waals surface area contributed by atoms with E-state index < -0.39 is 17.5 Å². The molecular weight excluding hydrogens is 184 g/mol. The van der Waals surface area contributed by atoms with Crippen LogP contribution in [0.4, 0.5) is 13.2 Å². The van der Waals surface area contributed by atoms with E-state index in [9.17, 15) is 13.2 Å². The second-order valence-corrected chi connectivity index (χ2v) is 2.20. The van der Waals surface area contributed by atoms with Crippen LogP contribution in [0.5, 0.6) is 0 Å². The molecule has 11 heavy (non-hydrogen) atoms. The second-order valence-electron chi connectivity index (χ2n) is 1.72. The summed E-state index contributed by atoms with van der Waals surface area (Å²) in [6.07, 6.45) is 0. The van der Waals surface area contributed by atoms with Gasteiger partial charge in [-0.05, 0) is 6.07 Å². The van der Waals surface area contributed by atoms with Crippen molar-refractivity contribution in [3.05, 3.63) is 29.6 Å². The Bertz CT molecular complexity index is 214. The molecule has 1 aromatic rings. The molecule has 0 fully saturated rings. The summed E-state index contributed by atoms with van der Waals surface area (Å²) < 4.78 is 36.6. The van der Waals surface area contributed by atoms with E-state index in [-0.39, 0.29) is 34.5 Å². The van der Waals surface area contributed by atoms with Gasteiger partial charge in [0.1, 0.15) is 5.82 Å². The van der Waals surface area contributed by atoms with Crippen molar-refractivity contribution in [3.63, 3.8) is 0 Å². The second kappa shape index (κ2) is 4.40. The first kappa shape index (κ1) is 11.4. The van der Waals surface area contributed by atoms with Crippen LogP contribution in [0, 0.1) is 17.5 Å².